The second kappa shape index (κ2) is 13.2. The van der Waals surface area contributed by atoms with E-state index < -0.39 is 0 Å². The molecule has 262 valence electrons. The molecule has 0 amide bonds. The summed E-state index contributed by atoms with van der Waals surface area (Å²) in [4.78, 5) is 0. The highest BCUT2D eigenvalue weighted by Crippen LogP contribution is 2.39. The fraction of sp³-hybridized carbons (Fsp3) is 0. The quantitative estimate of drug-likeness (QED) is 0.162. The number of aromatic nitrogens is 2. The maximum Gasteiger partial charge on any atom is 0.0541 e. The smallest absolute Gasteiger partial charge is 0.0541 e. The second-order valence-electron chi connectivity index (χ2n) is 14.6. The number of fused-ring (bicyclic) bond motifs is 6. The lowest BCUT2D eigenvalue weighted by atomic mass is 9.96. The highest BCUT2D eigenvalue weighted by molar-refractivity contribution is 6.12. The standard InChI is InChI=1S/C54H36N2/c1-3-12-37(13-4-1)41-14-11-15-42(34-41)38-22-24-39(25-23-38)43-28-32-53-49(35-43)50-36-44(29-33-54(50)55(53)45-16-5-2-6-17-45)40-26-30-46(31-27-40)56-51-20-9-7-18-47(51)48-19-8-10-21-52(48)56/h1-36H. The van der Waals surface area contributed by atoms with E-state index in [1.807, 2.05) is 0 Å². The van der Waals surface area contributed by atoms with Crippen LogP contribution in [0.2, 0.25) is 0 Å². The van der Waals surface area contributed by atoms with Crippen LogP contribution >= 0.6 is 0 Å². The molecule has 2 heterocycles. The minimum Gasteiger partial charge on any atom is -0.309 e. The second-order valence-corrected chi connectivity index (χ2v) is 14.6. The minimum atomic E-state index is 1.16. The van der Waals surface area contributed by atoms with E-state index in [9.17, 15) is 0 Å². The average Bonchev–Trinajstić information content (AvgIpc) is 3.79. The third kappa shape index (κ3) is 5.34. The first-order valence-corrected chi connectivity index (χ1v) is 19.3. The van der Waals surface area contributed by atoms with Gasteiger partial charge in [-0.1, -0.05) is 152 Å². The monoisotopic (exact) mass is 712 g/mol. The van der Waals surface area contributed by atoms with Crippen molar-refractivity contribution in [2.45, 2.75) is 0 Å². The van der Waals surface area contributed by atoms with Crippen molar-refractivity contribution in [1.82, 2.24) is 9.13 Å². The molecule has 56 heavy (non-hydrogen) atoms. The molecule has 0 radical (unpaired) electrons. The summed E-state index contributed by atoms with van der Waals surface area (Å²) in [5.41, 5.74) is 16.8. The van der Waals surface area contributed by atoms with Gasteiger partial charge in [-0.3, -0.25) is 0 Å². The molecule has 11 aromatic rings. The average molecular weight is 713 g/mol. The largest absolute Gasteiger partial charge is 0.309 e. The summed E-state index contributed by atoms with van der Waals surface area (Å²) >= 11 is 0. The van der Waals surface area contributed by atoms with E-state index in [1.165, 1.54) is 88.1 Å². The maximum absolute atomic E-state index is 2.40. The molecular weight excluding hydrogens is 677 g/mol. The highest BCUT2D eigenvalue weighted by Gasteiger charge is 2.16. The number of nitrogens with zero attached hydrogens (tertiary/aromatic N) is 2. The molecular formula is C54H36N2. The number of para-hydroxylation sites is 3. The van der Waals surface area contributed by atoms with E-state index in [0.717, 1.165) is 11.4 Å². The summed E-state index contributed by atoms with van der Waals surface area (Å²) in [6, 6.07) is 79.4. The van der Waals surface area contributed by atoms with Gasteiger partial charge >= 0.3 is 0 Å². The fourth-order valence-corrected chi connectivity index (χ4v) is 8.61. The van der Waals surface area contributed by atoms with Crippen molar-refractivity contribution in [3.8, 4) is 55.9 Å². The lowest BCUT2D eigenvalue weighted by molar-refractivity contribution is 1.18. The Morgan fingerprint density at radius 2 is 0.536 bits per heavy atom. The SMILES string of the molecule is c1ccc(-c2cccc(-c3ccc(-c4ccc5c(c4)c4cc(-c6ccc(-n7c8ccccc8c8ccccc87)cc6)ccc4n5-c4ccccc4)cc3)c2)cc1. The van der Waals surface area contributed by atoms with Gasteiger partial charge in [-0.05, 0) is 111 Å². The summed E-state index contributed by atoms with van der Waals surface area (Å²) < 4.78 is 4.77. The molecule has 0 saturated carbocycles. The van der Waals surface area contributed by atoms with Crippen molar-refractivity contribution in [2.75, 3.05) is 0 Å². The van der Waals surface area contributed by atoms with E-state index in [2.05, 4.69) is 228 Å². The molecule has 0 aliphatic carbocycles. The summed E-state index contributed by atoms with van der Waals surface area (Å²) in [6.07, 6.45) is 0. The Morgan fingerprint density at radius 3 is 1.05 bits per heavy atom. The van der Waals surface area contributed by atoms with Crippen LogP contribution in [0.25, 0.3) is 99.5 Å². The van der Waals surface area contributed by atoms with Crippen molar-refractivity contribution in [3.63, 3.8) is 0 Å². The van der Waals surface area contributed by atoms with E-state index >= 15 is 0 Å². The molecule has 0 N–H and O–H groups in total. The number of hydrogen-bond acceptors (Lipinski definition) is 0. The van der Waals surface area contributed by atoms with Gasteiger partial charge in [0, 0.05) is 32.9 Å². The molecule has 0 aliphatic heterocycles. The van der Waals surface area contributed by atoms with Crippen LogP contribution in [0.5, 0.6) is 0 Å². The third-order valence-corrected chi connectivity index (χ3v) is 11.3. The van der Waals surface area contributed by atoms with E-state index in [-0.39, 0.29) is 0 Å². The first kappa shape index (κ1) is 32.0. The molecule has 2 heteroatoms. The molecule has 0 unspecified atom stereocenters. The van der Waals surface area contributed by atoms with Crippen LogP contribution in [-0.2, 0) is 0 Å². The Balaban J connectivity index is 0.991. The molecule has 0 aliphatic rings. The summed E-state index contributed by atoms with van der Waals surface area (Å²) in [6.45, 7) is 0. The molecule has 0 saturated heterocycles. The Hall–Kier alpha value is -7.42. The summed E-state index contributed by atoms with van der Waals surface area (Å²) in [5.74, 6) is 0. The zero-order chi connectivity index (χ0) is 37.0. The molecule has 2 nitrogen and oxygen atoms in total. The van der Waals surface area contributed by atoms with Gasteiger partial charge in [-0.15, -0.1) is 0 Å². The van der Waals surface area contributed by atoms with Crippen LogP contribution in [-0.4, -0.2) is 9.13 Å². The lowest BCUT2D eigenvalue weighted by Gasteiger charge is -2.10. The molecule has 9 aromatic carbocycles. The van der Waals surface area contributed by atoms with Crippen LogP contribution in [0.4, 0.5) is 0 Å². The van der Waals surface area contributed by atoms with Gasteiger partial charge in [-0.2, -0.15) is 0 Å². The maximum atomic E-state index is 2.40. The Bertz CT molecular complexity index is 3150. The van der Waals surface area contributed by atoms with Crippen LogP contribution in [0.15, 0.2) is 218 Å². The van der Waals surface area contributed by atoms with Crippen molar-refractivity contribution in [1.29, 1.82) is 0 Å². The van der Waals surface area contributed by atoms with Crippen molar-refractivity contribution < 1.29 is 0 Å². The van der Waals surface area contributed by atoms with Gasteiger partial charge in [0.25, 0.3) is 0 Å². The van der Waals surface area contributed by atoms with Gasteiger partial charge in [0.15, 0.2) is 0 Å². The van der Waals surface area contributed by atoms with Crippen LogP contribution in [0.3, 0.4) is 0 Å². The predicted molar refractivity (Wildman–Crippen MR) is 237 cm³/mol. The molecule has 0 atom stereocenters. The Morgan fingerprint density at radius 1 is 0.196 bits per heavy atom. The molecule has 0 bridgehead atoms. The zero-order valence-corrected chi connectivity index (χ0v) is 30.7. The van der Waals surface area contributed by atoms with Crippen molar-refractivity contribution in [2.24, 2.45) is 0 Å². The van der Waals surface area contributed by atoms with Crippen LogP contribution in [0.1, 0.15) is 0 Å². The topological polar surface area (TPSA) is 9.86 Å². The fourth-order valence-electron chi connectivity index (χ4n) is 8.61. The van der Waals surface area contributed by atoms with Crippen LogP contribution < -0.4 is 0 Å². The van der Waals surface area contributed by atoms with E-state index in [1.54, 1.807) is 0 Å². The predicted octanol–water partition coefficient (Wildman–Crippen LogP) is 14.5. The molecule has 11 rings (SSSR count). The van der Waals surface area contributed by atoms with Crippen molar-refractivity contribution >= 4 is 43.6 Å². The minimum absolute atomic E-state index is 1.16. The Labute approximate surface area is 325 Å². The van der Waals surface area contributed by atoms with Gasteiger partial charge in [0.1, 0.15) is 0 Å². The summed E-state index contributed by atoms with van der Waals surface area (Å²) in [7, 11) is 0. The van der Waals surface area contributed by atoms with Crippen LogP contribution in [0, 0.1) is 0 Å². The first-order valence-electron chi connectivity index (χ1n) is 19.3. The van der Waals surface area contributed by atoms with Crippen molar-refractivity contribution in [3.05, 3.63) is 218 Å². The lowest BCUT2D eigenvalue weighted by Crippen LogP contribution is -1.94. The van der Waals surface area contributed by atoms with E-state index in [4.69, 9.17) is 0 Å². The third-order valence-electron chi connectivity index (χ3n) is 11.3. The van der Waals surface area contributed by atoms with E-state index in [0.29, 0.717) is 0 Å². The van der Waals surface area contributed by atoms with Gasteiger partial charge < -0.3 is 9.13 Å². The molecule has 0 spiro atoms. The number of rotatable bonds is 6. The highest BCUT2D eigenvalue weighted by atomic mass is 15.0. The van der Waals surface area contributed by atoms with Gasteiger partial charge in [0.2, 0.25) is 0 Å². The Kier molecular flexibility index (Phi) is 7.53. The zero-order valence-electron chi connectivity index (χ0n) is 30.7. The van der Waals surface area contributed by atoms with Gasteiger partial charge in [-0.25, -0.2) is 0 Å². The summed E-state index contributed by atoms with van der Waals surface area (Å²) in [5, 5.41) is 5.03. The molecule has 0 fully saturated rings. The number of benzene rings is 9. The molecule has 2 aromatic heterocycles. The first-order chi connectivity index (χ1) is 27.8. The number of hydrogen-bond donors (Lipinski definition) is 0. The van der Waals surface area contributed by atoms with Gasteiger partial charge in [0.05, 0.1) is 22.1 Å². The normalized spacial score (nSPS) is 11.6.